The minimum Gasteiger partial charge on any atom is -0.480 e. The van der Waals surface area contributed by atoms with Crippen molar-refractivity contribution in [3.63, 3.8) is 0 Å². The molecule has 23 heteroatoms. The van der Waals surface area contributed by atoms with Gasteiger partial charge in [0.25, 0.3) is 0 Å². The zero-order valence-electron chi connectivity index (χ0n) is 30.3. The van der Waals surface area contributed by atoms with Gasteiger partial charge < -0.3 is 90.9 Å². The number of aliphatic hydroxyl groups excluding tert-OH is 3. The summed E-state index contributed by atoms with van der Waals surface area (Å²) in [6, 6.07) is -5.28. The molecular formula is C31H60N12O11. The Morgan fingerprint density at radius 3 is 1.91 bits per heavy atom. The highest BCUT2D eigenvalue weighted by molar-refractivity contribution is 5.89. The molecule has 0 aromatic carbocycles. The zero-order valence-corrected chi connectivity index (χ0v) is 30.3. The van der Waals surface area contributed by atoms with Crippen molar-refractivity contribution in [1.82, 2.24) is 26.6 Å². The van der Waals surface area contributed by atoms with E-state index in [9.17, 15) is 44.4 Å². The Balaban J connectivity index is 1.85. The maximum Gasteiger partial charge on any atom is 0.404 e. The average molecular weight is 777 g/mol. The number of carbonyl (C=O) groups is 5. The molecule has 1 saturated heterocycles. The molecule has 0 radical (unpaired) electrons. The molecule has 2 rings (SSSR count). The lowest BCUT2D eigenvalue weighted by molar-refractivity contribution is -0.198. The van der Waals surface area contributed by atoms with E-state index >= 15 is 0 Å². The predicted molar refractivity (Wildman–Crippen MR) is 193 cm³/mol. The lowest BCUT2D eigenvalue weighted by Crippen LogP contribution is -2.69. The zero-order chi connectivity index (χ0) is 40.4. The molecule has 54 heavy (non-hydrogen) atoms. The van der Waals surface area contributed by atoms with Gasteiger partial charge in [-0.2, -0.15) is 0 Å². The van der Waals surface area contributed by atoms with Crippen LogP contribution in [0.3, 0.4) is 0 Å². The molecule has 0 aromatic rings. The molecule has 0 spiro atoms. The van der Waals surface area contributed by atoms with Gasteiger partial charge in [-0.1, -0.05) is 0 Å². The summed E-state index contributed by atoms with van der Waals surface area (Å²) in [5, 5.41) is 54.3. The van der Waals surface area contributed by atoms with Gasteiger partial charge in [-0.05, 0) is 45.1 Å². The second-order valence-electron chi connectivity index (χ2n) is 13.4. The number of rotatable bonds is 24. The molecule has 1 fully saturated rings. The molecule has 2 aliphatic rings. The quantitative estimate of drug-likeness (QED) is 0.0405. The van der Waals surface area contributed by atoms with E-state index in [1.165, 1.54) is 0 Å². The minimum absolute atomic E-state index is 0.0815. The molecule has 4 amide bonds. The monoisotopic (exact) mass is 776 g/mol. The summed E-state index contributed by atoms with van der Waals surface area (Å²) in [7, 11) is 0. The van der Waals surface area contributed by atoms with Gasteiger partial charge in [-0.3, -0.25) is 14.4 Å². The van der Waals surface area contributed by atoms with Crippen LogP contribution in [-0.4, -0.2) is 156 Å². The Hall–Kier alpha value is -3.94. The predicted octanol–water partition coefficient (Wildman–Crippen LogP) is -6.61. The third-order valence-corrected chi connectivity index (χ3v) is 8.85. The molecular weight excluding hydrogens is 716 g/mol. The van der Waals surface area contributed by atoms with Crippen molar-refractivity contribution in [3.05, 3.63) is 0 Å². The first-order chi connectivity index (χ1) is 25.6. The van der Waals surface area contributed by atoms with E-state index in [-0.39, 0.29) is 56.2 Å². The van der Waals surface area contributed by atoms with Crippen molar-refractivity contribution in [2.45, 2.75) is 125 Å². The number of primary amides is 1. The van der Waals surface area contributed by atoms with Crippen LogP contribution in [0.25, 0.3) is 0 Å². The van der Waals surface area contributed by atoms with Gasteiger partial charge in [0.15, 0.2) is 24.3 Å². The van der Waals surface area contributed by atoms with Gasteiger partial charge in [0, 0.05) is 57.0 Å². The molecule has 0 bridgehead atoms. The van der Waals surface area contributed by atoms with Crippen molar-refractivity contribution in [3.8, 4) is 0 Å². The van der Waals surface area contributed by atoms with Gasteiger partial charge in [0.2, 0.25) is 17.7 Å². The van der Waals surface area contributed by atoms with Crippen LogP contribution in [0.4, 0.5) is 4.79 Å². The molecule has 0 aliphatic carbocycles. The summed E-state index contributed by atoms with van der Waals surface area (Å²) in [5.74, 6) is -2.60. The smallest absolute Gasteiger partial charge is 0.404 e. The van der Waals surface area contributed by atoms with Crippen LogP contribution in [0.2, 0.25) is 0 Å². The molecule has 310 valence electrons. The van der Waals surface area contributed by atoms with Crippen LogP contribution in [0.1, 0.15) is 57.8 Å². The highest BCUT2D eigenvalue weighted by Gasteiger charge is 2.49. The fourth-order valence-electron chi connectivity index (χ4n) is 6.01. The summed E-state index contributed by atoms with van der Waals surface area (Å²) in [5.41, 5.74) is 34.2. The van der Waals surface area contributed by atoms with E-state index in [2.05, 4.69) is 31.6 Å². The number of hydrogen-bond acceptors (Lipinski definition) is 18. The van der Waals surface area contributed by atoms with Gasteiger partial charge in [0.1, 0.15) is 18.2 Å². The molecule has 2 aliphatic heterocycles. The summed E-state index contributed by atoms with van der Waals surface area (Å²) < 4.78 is 10.7. The normalized spacial score (nSPS) is 25.9. The van der Waals surface area contributed by atoms with Crippen molar-refractivity contribution in [2.75, 3.05) is 32.8 Å². The highest BCUT2D eigenvalue weighted by atomic mass is 16.6. The van der Waals surface area contributed by atoms with Crippen LogP contribution in [0, 0.1) is 0 Å². The van der Waals surface area contributed by atoms with E-state index in [0.29, 0.717) is 45.2 Å². The Kier molecular flexibility index (Phi) is 20.3. The Labute approximate surface area is 313 Å². The van der Waals surface area contributed by atoms with E-state index in [1.54, 1.807) is 0 Å². The number of nitrogens with zero attached hydrogens (tertiary/aromatic N) is 1. The molecule has 6 unspecified atom stereocenters. The number of guanidine groups is 1. The lowest BCUT2D eigenvalue weighted by Gasteiger charge is -2.44. The van der Waals surface area contributed by atoms with Gasteiger partial charge >= 0.3 is 12.1 Å². The average Bonchev–Trinajstić information content (AvgIpc) is 3.54. The topological polar surface area (TPSA) is 413 Å². The number of aliphatic carboxylic acids is 1. The first kappa shape index (κ1) is 46.2. The number of aliphatic hydroxyl groups is 3. The summed E-state index contributed by atoms with van der Waals surface area (Å²) in [6.07, 6.45) is -5.15. The van der Waals surface area contributed by atoms with Crippen LogP contribution >= 0.6 is 0 Å². The van der Waals surface area contributed by atoms with Crippen molar-refractivity contribution in [2.24, 2.45) is 39.4 Å². The Bertz CT molecular complexity index is 1250. The number of hydrogen-bond donors (Lipinski definition) is 15. The van der Waals surface area contributed by atoms with Crippen molar-refractivity contribution < 1.29 is 53.9 Å². The maximum absolute atomic E-state index is 13.1. The highest BCUT2D eigenvalue weighted by Crippen LogP contribution is 2.24. The number of carboxylic acid groups (broad SMARTS) is 1. The number of nitrogens with one attached hydrogen (secondary N) is 5. The lowest BCUT2D eigenvalue weighted by atomic mass is 9.95. The van der Waals surface area contributed by atoms with E-state index in [4.69, 9.17) is 43.9 Å². The fraction of sp³-hybridized carbons (Fsp3) is 0.806. The standard InChI is InChI=1S/C31H60N12O11/c32-7-1-4-15(34)10-20(46)38-8-2-5-16(35)11-21(47)39-9-3-6-17(36)12-22(48)40-25-26(49)27(54-30(37)52)19(14-44)53-28(25)43-31-41-23(18(45)13-33)24(42-31)29(50)51/h15-19,23-28,44-45,49H,1-14,32-36H2,(H2,37,52)(H,38,46)(H,39,47)(H,40,48)(H,50,51)(H2,41,42,43)/t15?,16?,17?,18?,19-,23?,24?,25-,26+,27+,28-/m1/s1. The summed E-state index contributed by atoms with van der Waals surface area (Å²) in [6.45, 7) is 0.173. The Morgan fingerprint density at radius 1 is 0.889 bits per heavy atom. The van der Waals surface area contributed by atoms with Gasteiger partial charge in [0.05, 0.1) is 18.8 Å². The van der Waals surface area contributed by atoms with E-state index in [1.807, 2.05) is 0 Å². The molecule has 11 atom stereocenters. The first-order valence-corrected chi connectivity index (χ1v) is 18.0. The fourth-order valence-corrected chi connectivity index (χ4v) is 6.01. The van der Waals surface area contributed by atoms with Crippen LogP contribution in [-0.2, 0) is 28.7 Å². The number of aliphatic imine (C=N–C) groups is 1. The van der Waals surface area contributed by atoms with E-state index in [0.717, 1.165) is 6.42 Å². The first-order valence-electron chi connectivity index (χ1n) is 18.0. The summed E-state index contributed by atoms with van der Waals surface area (Å²) >= 11 is 0. The third kappa shape index (κ3) is 15.8. The molecule has 23 nitrogen and oxygen atoms in total. The largest absolute Gasteiger partial charge is 0.480 e. The van der Waals surface area contributed by atoms with Crippen molar-refractivity contribution >= 4 is 35.7 Å². The molecule has 2 heterocycles. The molecule has 21 N–H and O–H groups in total. The Morgan fingerprint density at radius 2 is 1.43 bits per heavy atom. The van der Waals surface area contributed by atoms with Crippen LogP contribution < -0.4 is 61.0 Å². The van der Waals surface area contributed by atoms with Gasteiger partial charge in [-0.25, -0.2) is 14.6 Å². The maximum atomic E-state index is 13.1. The number of ether oxygens (including phenoxy) is 2. The number of nitrogens with two attached hydrogens (primary N) is 6. The third-order valence-electron chi connectivity index (χ3n) is 8.85. The van der Waals surface area contributed by atoms with Crippen LogP contribution in [0.5, 0.6) is 0 Å². The van der Waals surface area contributed by atoms with Crippen LogP contribution in [0.15, 0.2) is 4.99 Å². The summed E-state index contributed by atoms with van der Waals surface area (Å²) in [4.78, 5) is 64.7. The number of carbonyl (C=O) groups excluding carboxylic acids is 4. The van der Waals surface area contributed by atoms with Crippen molar-refractivity contribution in [1.29, 1.82) is 0 Å². The minimum atomic E-state index is -1.69. The van der Waals surface area contributed by atoms with E-state index < -0.39 is 85.4 Å². The number of carboxylic acids is 1. The SMILES string of the molecule is NCCCC(N)CC(=O)NCCCC(N)CC(=O)NCCCC(N)CC(=O)N[C@@H]1[C@H](O)[C@@H](OC(N)=O)[C@@H](CO)O[C@H]1NC1=NC(C(=O)O)C(C(O)CN)N1. The molecule has 0 saturated carbocycles. The van der Waals surface area contributed by atoms with Gasteiger partial charge in [-0.15, -0.1) is 0 Å². The molecule has 0 aromatic heterocycles. The second kappa shape index (κ2) is 23.8. The number of amides is 4. The second-order valence-corrected chi connectivity index (χ2v) is 13.4.